The Morgan fingerprint density at radius 2 is 2.35 bits per heavy atom. The van der Waals surface area contributed by atoms with Crippen LogP contribution in [0.5, 0.6) is 0 Å². The van der Waals surface area contributed by atoms with Crippen LogP contribution in [-0.4, -0.2) is 32.6 Å². The summed E-state index contributed by atoms with van der Waals surface area (Å²) < 4.78 is 0. The van der Waals surface area contributed by atoms with E-state index in [1.807, 2.05) is 0 Å². The van der Waals surface area contributed by atoms with Crippen LogP contribution in [0.25, 0.3) is 0 Å². The molecular formula is C14H14N4O2. The number of hydrogen-bond acceptors (Lipinski definition) is 4. The summed E-state index contributed by atoms with van der Waals surface area (Å²) >= 11 is 0. The molecule has 0 bridgehead atoms. The molecule has 2 rings (SSSR count). The molecule has 0 aromatic carbocycles. The molecule has 0 spiro atoms. The summed E-state index contributed by atoms with van der Waals surface area (Å²) in [5.41, 5.74) is 0.995. The number of H-pyrrole nitrogens is 1. The minimum Gasteiger partial charge on any atom is -0.395 e. The lowest BCUT2D eigenvalue weighted by Gasteiger charge is -2.05. The molecule has 0 saturated heterocycles. The highest BCUT2D eigenvalue weighted by Crippen LogP contribution is 2.05. The predicted octanol–water partition coefficient (Wildman–Crippen LogP) is 0.469. The Labute approximate surface area is 116 Å². The first-order chi connectivity index (χ1) is 9.81. The number of nitrogens with zero attached hydrogens (tertiary/aromatic N) is 2. The zero-order valence-corrected chi connectivity index (χ0v) is 10.8. The second-order valence-electron chi connectivity index (χ2n) is 3.92. The first-order valence-electron chi connectivity index (χ1n) is 6.11. The standard InChI is InChI=1S/C14H14N4O2/c19-8-2-1-3-11-9-15-5-4-12(11)14(20)18-10-13-16-6-7-17-13/h4-7,9,19H,2,8,10H2,(H,16,17)(H,18,20). The van der Waals surface area contributed by atoms with E-state index in [0.717, 1.165) is 0 Å². The number of hydrogen-bond donors (Lipinski definition) is 3. The van der Waals surface area contributed by atoms with Gasteiger partial charge in [-0.2, -0.15) is 0 Å². The fourth-order valence-electron chi connectivity index (χ4n) is 1.56. The number of nitrogens with one attached hydrogen (secondary N) is 2. The molecule has 0 radical (unpaired) electrons. The van der Waals surface area contributed by atoms with Crippen molar-refractivity contribution in [2.75, 3.05) is 6.61 Å². The van der Waals surface area contributed by atoms with Crippen molar-refractivity contribution in [1.29, 1.82) is 0 Å². The molecule has 1 amide bonds. The number of imidazole rings is 1. The highest BCUT2D eigenvalue weighted by molar-refractivity contribution is 5.96. The van der Waals surface area contributed by atoms with Gasteiger partial charge in [0.2, 0.25) is 0 Å². The van der Waals surface area contributed by atoms with Crippen LogP contribution in [0, 0.1) is 11.8 Å². The average molecular weight is 270 g/mol. The molecule has 0 saturated carbocycles. The minimum absolute atomic E-state index is 0.00666. The van der Waals surface area contributed by atoms with Crippen LogP contribution in [0.4, 0.5) is 0 Å². The van der Waals surface area contributed by atoms with Gasteiger partial charge in [-0.1, -0.05) is 11.8 Å². The first kappa shape index (κ1) is 13.8. The van der Waals surface area contributed by atoms with Crippen molar-refractivity contribution in [2.45, 2.75) is 13.0 Å². The van der Waals surface area contributed by atoms with Gasteiger partial charge >= 0.3 is 0 Å². The Bertz CT molecular complexity index is 626. The van der Waals surface area contributed by atoms with E-state index < -0.39 is 0 Å². The lowest BCUT2D eigenvalue weighted by molar-refractivity contribution is 0.0949. The lowest BCUT2D eigenvalue weighted by atomic mass is 10.1. The minimum atomic E-state index is -0.239. The number of aliphatic hydroxyl groups is 1. The maximum atomic E-state index is 12.1. The normalized spacial score (nSPS) is 9.65. The van der Waals surface area contributed by atoms with Crippen LogP contribution >= 0.6 is 0 Å². The van der Waals surface area contributed by atoms with Crippen molar-refractivity contribution in [3.8, 4) is 11.8 Å². The molecule has 20 heavy (non-hydrogen) atoms. The summed E-state index contributed by atoms with van der Waals surface area (Å²) in [6, 6.07) is 1.61. The number of aromatic nitrogens is 3. The largest absolute Gasteiger partial charge is 0.395 e. The lowest BCUT2D eigenvalue weighted by Crippen LogP contribution is -2.24. The summed E-state index contributed by atoms with van der Waals surface area (Å²) in [6.07, 6.45) is 6.76. The van der Waals surface area contributed by atoms with Gasteiger partial charge in [-0.15, -0.1) is 0 Å². The van der Waals surface area contributed by atoms with E-state index in [4.69, 9.17) is 5.11 Å². The van der Waals surface area contributed by atoms with Crippen molar-refractivity contribution in [3.63, 3.8) is 0 Å². The molecule has 0 aliphatic rings. The highest BCUT2D eigenvalue weighted by Gasteiger charge is 2.10. The van der Waals surface area contributed by atoms with E-state index in [9.17, 15) is 4.79 Å². The quantitative estimate of drug-likeness (QED) is 0.704. The van der Waals surface area contributed by atoms with Crippen LogP contribution < -0.4 is 5.32 Å². The number of pyridine rings is 1. The third-order valence-corrected chi connectivity index (χ3v) is 2.50. The topological polar surface area (TPSA) is 90.9 Å². The maximum Gasteiger partial charge on any atom is 0.253 e. The smallest absolute Gasteiger partial charge is 0.253 e. The number of carbonyl (C=O) groups is 1. The molecule has 6 nitrogen and oxygen atoms in total. The zero-order chi connectivity index (χ0) is 14.2. The molecule has 2 aromatic heterocycles. The molecule has 102 valence electrons. The molecule has 0 fully saturated rings. The summed E-state index contributed by atoms with van der Waals surface area (Å²) in [5.74, 6) is 6.05. The monoisotopic (exact) mass is 270 g/mol. The SMILES string of the molecule is O=C(NCc1ncc[nH]1)c1ccncc1C#CCCO. The van der Waals surface area contributed by atoms with Gasteiger partial charge in [-0.05, 0) is 6.07 Å². The van der Waals surface area contributed by atoms with Gasteiger partial charge < -0.3 is 15.4 Å². The van der Waals surface area contributed by atoms with Gasteiger partial charge in [0, 0.05) is 31.2 Å². The Balaban J connectivity index is 2.07. The number of aliphatic hydroxyl groups excluding tert-OH is 1. The van der Waals surface area contributed by atoms with Crippen LogP contribution in [0.3, 0.4) is 0 Å². The van der Waals surface area contributed by atoms with E-state index in [1.165, 1.54) is 6.20 Å². The summed E-state index contributed by atoms with van der Waals surface area (Å²) in [4.78, 5) is 23.0. The Morgan fingerprint density at radius 3 is 3.10 bits per heavy atom. The summed E-state index contributed by atoms with van der Waals surface area (Å²) in [6.45, 7) is 0.310. The molecule has 6 heteroatoms. The van der Waals surface area contributed by atoms with E-state index in [2.05, 4.69) is 32.1 Å². The van der Waals surface area contributed by atoms with Crippen molar-refractivity contribution in [1.82, 2.24) is 20.3 Å². The van der Waals surface area contributed by atoms with E-state index in [0.29, 0.717) is 29.9 Å². The summed E-state index contributed by atoms with van der Waals surface area (Å²) in [5, 5.41) is 11.5. The van der Waals surface area contributed by atoms with Gasteiger partial charge in [0.1, 0.15) is 5.82 Å². The van der Waals surface area contributed by atoms with Crippen LogP contribution in [0.2, 0.25) is 0 Å². The van der Waals surface area contributed by atoms with Crippen LogP contribution in [0.15, 0.2) is 30.9 Å². The van der Waals surface area contributed by atoms with Crippen molar-refractivity contribution in [2.24, 2.45) is 0 Å². The van der Waals surface area contributed by atoms with Gasteiger partial charge in [-0.3, -0.25) is 9.78 Å². The second-order valence-corrected chi connectivity index (χ2v) is 3.92. The highest BCUT2D eigenvalue weighted by atomic mass is 16.2. The number of amides is 1. The van der Waals surface area contributed by atoms with E-state index >= 15 is 0 Å². The number of carbonyl (C=O) groups excluding carboxylic acids is 1. The Kier molecular flexibility index (Phi) is 4.87. The Morgan fingerprint density at radius 1 is 1.45 bits per heavy atom. The van der Waals surface area contributed by atoms with E-state index in [1.54, 1.807) is 24.7 Å². The van der Waals surface area contributed by atoms with E-state index in [-0.39, 0.29) is 12.5 Å². The van der Waals surface area contributed by atoms with Crippen molar-refractivity contribution < 1.29 is 9.90 Å². The molecular weight excluding hydrogens is 256 g/mol. The predicted molar refractivity (Wildman–Crippen MR) is 72.6 cm³/mol. The third kappa shape index (κ3) is 3.67. The van der Waals surface area contributed by atoms with Crippen molar-refractivity contribution in [3.05, 3.63) is 47.8 Å². The van der Waals surface area contributed by atoms with Crippen LogP contribution in [-0.2, 0) is 6.54 Å². The third-order valence-electron chi connectivity index (χ3n) is 2.50. The first-order valence-corrected chi connectivity index (χ1v) is 6.11. The molecule has 2 aromatic rings. The fraction of sp³-hybridized carbons (Fsp3) is 0.214. The maximum absolute atomic E-state index is 12.1. The second kappa shape index (κ2) is 7.07. The molecule has 0 aliphatic heterocycles. The number of rotatable bonds is 4. The molecule has 0 atom stereocenters. The van der Waals surface area contributed by atoms with Gasteiger partial charge in [0.05, 0.1) is 24.3 Å². The van der Waals surface area contributed by atoms with Gasteiger partial charge in [-0.25, -0.2) is 4.98 Å². The fourth-order valence-corrected chi connectivity index (χ4v) is 1.56. The Hall–Kier alpha value is -2.65. The summed E-state index contributed by atoms with van der Waals surface area (Å²) in [7, 11) is 0. The zero-order valence-electron chi connectivity index (χ0n) is 10.8. The molecule has 3 N–H and O–H groups in total. The average Bonchev–Trinajstić information content (AvgIpc) is 2.99. The van der Waals surface area contributed by atoms with Crippen LogP contribution in [0.1, 0.15) is 28.2 Å². The molecule has 0 unspecified atom stereocenters. The van der Waals surface area contributed by atoms with Gasteiger partial charge in [0.15, 0.2) is 0 Å². The molecule has 2 heterocycles. The van der Waals surface area contributed by atoms with Gasteiger partial charge in [0.25, 0.3) is 5.91 Å². The van der Waals surface area contributed by atoms with Crippen molar-refractivity contribution >= 4 is 5.91 Å². The number of aromatic amines is 1. The molecule has 0 aliphatic carbocycles.